The van der Waals surface area contributed by atoms with Gasteiger partial charge in [0.25, 0.3) is 5.69 Å². The third kappa shape index (κ3) is 3.78. The summed E-state index contributed by atoms with van der Waals surface area (Å²) in [6.07, 6.45) is 2.49. The number of nitriles is 1. The van der Waals surface area contributed by atoms with Gasteiger partial charge in [-0.25, -0.2) is 4.79 Å². The van der Waals surface area contributed by atoms with E-state index in [1.165, 1.54) is 24.3 Å². The lowest BCUT2D eigenvalue weighted by Gasteiger charge is -2.00. The fourth-order valence-electron chi connectivity index (χ4n) is 1.28. The first-order valence-corrected chi connectivity index (χ1v) is 5.23. The van der Waals surface area contributed by atoms with Crippen molar-refractivity contribution in [1.29, 1.82) is 5.26 Å². The van der Waals surface area contributed by atoms with Crippen LogP contribution in [0.3, 0.4) is 0 Å². The molecule has 0 spiro atoms. The number of benzene rings is 1. The molecule has 1 aromatic carbocycles. The number of hydrogen-bond acceptors (Lipinski definition) is 5. The molecule has 0 aromatic heterocycles. The summed E-state index contributed by atoms with van der Waals surface area (Å²) in [5.74, 6) is -0.847. The van der Waals surface area contributed by atoms with Crippen molar-refractivity contribution in [1.82, 2.24) is 0 Å². The molecular weight excluding hydrogens is 248 g/mol. The smallest absolute Gasteiger partial charge is 0.349 e. The Morgan fingerprint density at radius 2 is 2.21 bits per heavy atom. The van der Waals surface area contributed by atoms with E-state index < -0.39 is 10.9 Å². The molecule has 0 aliphatic carbocycles. The van der Waals surface area contributed by atoms with E-state index in [-0.39, 0.29) is 23.4 Å². The molecule has 0 saturated heterocycles. The number of esters is 1. The predicted molar refractivity (Wildman–Crippen MR) is 67.8 cm³/mol. The molecule has 0 atom stereocenters. The lowest BCUT2D eigenvalue weighted by Crippen LogP contribution is -2.06. The van der Waals surface area contributed by atoms with Crippen molar-refractivity contribution in [2.45, 2.75) is 0 Å². The third-order valence-electron chi connectivity index (χ3n) is 2.11. The molecular formula is C13H10N2O4. The second kappa shape index (κ2) is 6.71. The van der Waals surface area contributed by atoms with Crippen LogP contribution in [0.4, 0.5) is 5.69 Å². The van der Waals surface area contributed by atoms with Crippen molar-refractivity contribution in [3.8, 4) is 6.07 Å². The number of hydrogen-bond donors (Lipinski definition) is 0. The highest BCUT2D eigenvalue weighted by molar-refractivity contribution is 5.98. The molecule has 0 heterocycles. The number of rotatable bonds is 5. The second-order valence-electron chi connectivity index (χ2n) is 3.37. The average molecular weight is 258 g/mol. The van der Waals surface area contributed by atoms with Crippen LogP contribution < -0.4 is 0 Å². The van der Waals surface area contributed by atoms with Crippen LogP contribution in [0.15, 0.2) is 42.5 Å². The Kier molecular flexibility index (Phi) is 4.99. The van der Waals surface area contributed by atoms with Gasteiger partial charge in [0.15, 0.2) is 0 Å². The minimum absolute atomic E-state index is 0.0330. The molecule has 19 heavy (non-hydrogen) atoms. The zero-order valence-corrected chi connectivity index (χ0v) is 9.91. The van der Waals surface area contributed by atoms with Crippen LogP contribution in [0.1, 0.15) is 5.56 Å². The van der Waals surface area contributed by atoms with Gasteiger partial charge in [-0.2, -0.15) is 5.26 Å². The number of carbonyl (C=O) groups excluding carboxylic acids is 1. The molecule has 0 radical (unpaired) electrons. The van der Waals surface area contributed by atoms with E-state index in [9.17, 15) is 14.9 Å². The monoisotopic (exact) mass is 258 g/mol. The van der Waals surface area contributed by atoms with Crippen molar-refractivity contribution in [3.05, 3.63) is 58.2 Å². The van der Waals surface area contributed by atoms with Crippen LogP contribution in [-0.4, -0.2) is 17.5 Å². The minimum atomic E-state index is -0.847. The van der Waals surface area contributed by atoms with Crippen LogP contribution in [0, 0.1) is 21.4 Å². The van der Waals surface area contributed by atoms with Gasteiger partial charge < -0.3 is 4.74 Å². The van der Waals surface area contributed by atoms with Gasteiger partial charge in [-0.05, 0) is 12.1 Å². The molecule has 0 aliphatic rings. The van der Waals surface area contributed by atoms with Crippen molar-refractivity contribution < 1.29 is 14.5 Å². The topological polar surface area (TPSA) is 93.2 Å². The SMILES string of the molecule is C=CCOC(=O)/C(C#N)=C/c1ccccc1[N+](=O)[O-]. The Balaban J connectivity index is 3.12. The van der Waals surface area contributed by atoms with E-state index >= 15 is 0 Å². The summed E-state index contributed by atoms with van der Waals surface area (Å²) in [5.41, 5.74) is -0.331. The molecule has 0 aliphatic heterocycles. The summed E-state index contributed by atoms with van der Waals surface area (Å²) in [4.78, 5) is 21.7. The summed E-state index contributed by atoms with van der Waals surface area (Å²) >= 11 is 0. The molecule has 0 bridgehead atoms. The van der Waals surface area contributed by atoms with E-state index in [4.69, 9.17) is 10.00 Å². The molecule has 0 unspecified atom stereocenters. The standard InChI is InChI=1S/C13H10N2O4/c1-2-7-19-13(16)11(9-14)8-10-5-3-4-6-12(10)15(17)18/h2-6,8H,1,7H2/b11-8+. The van der Waals surface area contributed by atoms with Gasteiger partial charge in [-0.3, -0.25) is 10.1 Å². The molecule has 0 fully saturated rings. The maximum atomic E-state index is 11.5. The molecule has 0 saturated carbocycles. The quantitative estimate of drug-likeness (QED) is 0.201. The van der Waals surface area contributed by atoms with Gasteiger partial charge >= 0.3 is 5.97 Å². The van der Waals surface area contributed by atoms with Gasteiger partial charge in [-0.15, -0.1) is 0 Å². The van der Waals surface area contributed by atoms with Gasteiger partial charge in [0.05, 0.1) is 10.5 Å². The lowest BCUT2D eigenvalue weighted by atomic mass is 10.1. The zero-order valence-electron chi connectivity index (χ0n) is 9.91. The highest BCUT2D eigenvalue weighted by Gasteiger charge is 2.15. The van der Waals surface area contributed by atoms with Gasteiger partial charge in [0.1, 0.15) is 18.2 Å². The molecule has 6 heteroatoms. The lowest BCUT2D eigenvalue weighted by molar-refractivity contribution is -0.385. The minimum Gasteiger partial charge on any atom is -0.457 e. The third-order valence-corrected chi connectivity index (χ3v) is 2.11. The Morgan fingerprint density at radius 1 is 1.53 bits per heavy atom. The number of nitro benzene ring substituents is 1. The predicted octanol–water partition coefficient (Wildman–Crippen LogP) is 2.23. The highest BCUT2D eigenvalue weighted by Crippen LogP contribution is 2.20. The normalized spacial score (nSPS) is 10.4. The van der Waals surface area contributed by atoms with Gasteiger partial charge in [-0.1, -0.05) is 24.8 Å². The van der Waals surface area contributed by atoms with E-state index in [2.05, 4.69) is 6.58 Å². The summed E-state index contributed by atoms with van der Waals surface area (Å²) in [7, 11) is 0. The number of para-hydroxylation sites is 1. The van der Waals surface area contributed by atoms with E-state index in [1.54, 1.807) is 12.1 Å². The first-order chi connectivity index (χ1) is 9.10. The van der Waals surface area contributed by atoms with Crippen LogP contribution >= 0.6 is 0 Å². The fourth-order valence-corrected chi connectivity index (χ4v) is 1.28. The summed E-state index contributed by atoms with van der Waals surface area (Å²) in [6, 6.07) is 7.45. The summed E-state index contributed by atoms with van der Waals surface area (Å²) in [6.45, 7) is 3.34. The van der Waals surface area contributed by atoms with Crippen LogP contribution in [0.25, 0.3) is 6.08 Å². The van der Waals surface area contributed by atoms with E-state index in [0.29, 0.717) is 0 Å². The summed E-state index contributed by atoms with van der Waals surface area (Å²) < 4.78 is 4.70. The van der Waals surface area contributed by atoms with E-state index in [0.717, 1.165) is 6.08 Å². The maximum Gasteiger partial charge on any atom is 0.349 e. The number of nitrogens with zero attached hydrogens (tertiary/aromatic N) is 2. The Labute approximate surface area is 109 Å². The number of nitro groups is 1. The van der Waals surface area contributed by atoms with Gasteiger partial charge in [0.2, 0.25) is 0 Å². The summed E-state index contributed by atoms with van der Waals surface area (Å²) in [5, 5.41) is 19.7. The van der Waals surface area contributed by atoms with Crippen molar-refractivity contribution in [2.75, 3.05) is 6.61 Å². The highest BCUT2D eigenvalue weighted by atomic mass is 16.6. The second-order valence-corrected chi connectivity index (χ2v) is 3.37. The molecule has 6 nitrogen and oxygen atoms in total. The Hall–Kier alpha value is -2.94. The Morgan fingerprint density at radius 3 is 2.79 bits per heavy atom. The largest absolute Gasteiger partial charge is 0.457 e. The average Bonchev–Trinajstić information content (AvgIpc) is 2.42. The number of ether oxygens (including phenoxy) is 1. The van der Waals surface area contributed by atoms with Gasteiger partial charge in [0, 0.05) is 6.07 Å². The van der Waals surface area contributed by atoms with Crippen molar-refractivity contribution in [2.24, 2.45) is 0 Å². The number of carbonyl (C=O) groups is 1. The maximum absolute atomic E-state index is 11.5. The fraction of sp³-hybridized carbons (Fsp3) is 0.0769. The molecule has 1 aromatic rings. The van der Waals surface area contributed by atoms with Crippen LogP contribution in [0.2, 0.25) is 0 Å². The molecule has 96 valence electrons. The molecule has 0 amide bonds. The van der Waals surface area contributed by atoms with E-state index in [1.807, 2.05) is 0 Å². The molecule has 0 N–H and O–H groups in total. The van der Waals surface area contributed by atoms with Crippen LogP contribution in [0.5, 0.6) is 0 Å². The first kappa shape index (κ1) is 14.1. The van der Waals surface area contributed by atoms with Crippen molar-refractivity contribution in [3.63, 3.8) is 0 Å². The first-order valence-electron chi connectivity index (χ1n) is 5.23. The van der Waals surface area contributed by atoms with Crippen LogP contribution in [-0.2, 0) is 9.53 Å². The molecule has 1 rings (SSSR count). The Bertz CT molecular complexity index is 585. The zero-order chi connectivity index (χ0) is 14.3. The van der Waals surface area contributed by atoms with Crippen molar-refractivity contribution >= 4 is 17.7 Å².